The van der Waals surface area contributed by atoms with Crippen molar-refractivity contribution in [2.45, 2.75) is 64.7 Å². The molecule has 0 aliphatic heterocycles. The molecule has 0 amide bonds. The molecule has 0 radical (unpaired) electrons. The van der Waals surface area contributed by atoms with Gasteiger partial charge < -0.3 is 0 Å². The van der Waals surface area contributed by atoms with Gasteiger partial charge in [-0.2, -0.15) is 0 Å². The summed E-state index contributed by atoms with van der Waals surface area (Å²) in [5.74, 6) is 0.598. The van der Waals surface area contributed by atoms with Crippen molar-refractivity contribution in [3.8, 4) is 0 Å². The number of unbranched alkanes of at least 4 members (excludes halogenated alkanes) is 4. The lowest BCUT2D eigenvalue weighted by atomic mass is 9.94. The predicted molar refractivity (Wildman–Crippen MR) is 85.9 cm³/mol. The molecule has 1 unspecified atom stereocenters. The van der Waals surface area contributed by atoms with Gasteiger partial charge in [-0.3, -0.25) is 9.97 Å². The summed E-state index contributed by atoms with van der Waals surface area (Å²) in [6, 6.07) is 6.40. The van der Waals surface area contributed by atoms with Crippen molar-refractivity contribution < 1.29 is 0 Å². The van der Waals surface area contributed by atoms with Gasteiger partial charge in [0, 0.05) is 23.2 Å². The maximum Gasteiger partial charge on any atom is 0.0888 e. The largest absolute Gasteiger partial charge is 0.262 e. The van der Waals surface area contributed by atoms with Crippen LogP contribution in [0.25, 0.3) is 10.9 Å². The Morgan fingerprint density at radius 3 is 2.65 bits per heavy atom. The Hall–Kier alpha value is -1.44. The molecule has 20 heavy (non-hydrogen) atoms. The molecule has 2 nitrogen and oxygen atoms in total. The summed E-state index contributed by atoms with van der Waals surface area (Å²) in [5.41, 5.74) is 2.26. The number of fused-ring (bicyclic) bond motifs is 1. The van der Waals surface area contributed by atoms with Gasteiger partial charge in [0.15, 0.2) is 0 Å². The van der Waals surface area contributed by atoms with E-state index in [-0.39, 0.29) is 0 Å². The van der Waals surface area contributed by atoms with E-state index in [2.05, 4.69) is 31.0 Å². The van der Waals surface area contributed by atoms with E-state index in [1.165, 1.54) is 56.0 Å². The van der Waals surface area contributed by atoms with Gasteiger partial charge in [-0.05, 0) is 25.0 Å². The minimum Gasteiger partial charge on any atom is -0.262 e. The molecular weight excluding hydrogens is 244 g/mol. The number of hydrogen-bond acceptors (Lipinski definition) is 2. The highest BCUT2D eigenvalue weighted by Gasteiger charge is 2.11. The third-order valence-corrected chi connectivity index (χ3v) is 4.08. The van der Waals surface area contributed by atoms with Crippen molar-refractivity contribution in [1.82, 2.24) is 9.97 Å². The quantitative estimate of drug-likeness (QED) is 0.593. The van der Waals surface area contributed by atoms with Gasteiger partial charge in [-0.25, -0.2) is 0 Å². The Kier molecular flexibility index (Phi) is 5.97. The van der Waals surface area contributed by atoms with Crippen LogP contribution in [0, 0.1) is 0 Å². The van der Waals surface area contributed by atoms with Crippen LogP contribution in [0.15, 0.2) is 30.6 Å². The number of aromatic nitrogens is 2. The Balaban J connectivity index is 1.98. The molecule has 0 aliphatic carbocycles. The lowest BCUT2D eigenvalue weighted by Gasteiger charge is -2.14. The predicted octanol–water partition coefficient (Wildman–Crippen LogP) is 5.48. The first-order chi connectivity index (χ1) is 9.85. The molecule has 2 aromatic heterocycles. The van der Waals surface area contributed by atoms with Crippen molar-refractivity contribution >= 4 is 10.9 Å². The standard InChI is InChI=1S/C18H26N2/c1-3-5-6-7-8-9-15(4-2)17-11-10-16-12-13-19-14-18(16)20-17/h10-15H,3-9H2,1-2H3. The van der Waals surface area contributed by atoms with Crippen molar-refractivity contribution in [3.05, 3.63) is 36.3 Å². The zero-order valence-electron chi connectivity index (χ0n) is 12.8. The number of nitrogens with zero attached hydrogens (tertiary/aromatic N) is 2. The Morgan fingerprint density at radius 1 is 1.00 bits per heavy atom. The number of rotatable bonds is 8. The molecule has 0 N–H and O–H groups in total. The summed E-state index contributed by atoms with van der Waals surface area (Å²) >= 11 is 0. The van der Waals surface area contributed by atoms with E-state index in [1.807, 2.05) is 18.5 Å². The van der Waals surface area contributed by atoms with Gasteiger partial charge in [0.1, 0.15) is 0 Å². The van der Waals surface area contributed by atoms with E-state index in [4.69, 9.17) is 4.98 Å². The molecule has 2 aromatic rings. The van der Waals surface area contributed by atoms with Crippen LogP contribution in [0.4, 0.5) is 0 Å². The van der Waals surface area contributed by atoms with Crippen molar-refractivity contribution in [3.63, 3.8) is 0 Å². The maximum atomic E-state index is 4.80. The molecule has 0 bridgehead atoms. The van der Waals surface area contributed by atoms with E-state index in [1.54, 1.807) is 0 Å². The molecular formula is C18H26N2. The van der Waals surface area contributed by atoms with Crippen LogP contribution in [0.3, 0.4) is 0 Å². The molecule has 0 aromatic carbocycles. The van der Waals surface area contributed by atoms with E-state index in [0.29, 0.717) is 5.92 Å². The summed E-state index contributed by atoms with van der Waals surface area (Å²) < 4.78 is 0. The first kappa shape index (κ1) is 15.0. The Morgan fingerprint density at radius 2 is 1.85 bits per heavy atom. The van der Waals surface area contributed by atoms with Gasteiger partial charge in [0.25, 0.3) is 0 Å². The zero-order valence-corrected chi connectivity index (χ0v) is 12.8. The number of pyridine rings is 2. The van der Waals surface area contributed by atoms with E-state index >= 15 is 0 Å². The highest BCUT2D eigenvalue weighted by atomic mass is 14.7. The van der Waals surface area contributed by atoms with Crippen molar-refractivity contribution in [2.24, 2.45) is 0 Å². The van der Waals surface area contributed by atoms with E-state index in [9.17, 15) is 0 Å². The highest BCUT2D eigenvalue weighted by molar-refractivity contribution is 5.77. The van der Waals surface area contributed by atoms with Crippen LogP contribution in [0.1, 0.15) is 70.4 Å². The minimum absolute atomic E-state index is 0.598. The average Bonchev–Trinajstić information content (AvgIpc) is 2.50. The second-order valence-corrected chi connectivity index (χ2v) is 5.61. The smallest absolute Gasteiger partial charge is 0.0888 e. The van der Waals surface area contributed by atoms with Crippen LogP contribution < -0.4 is 0 Å². The molecule has 2 heteroatoms. The van der Waals surface area contributed by atoms with Gasteiger partial charge in [0.05, 0.1) is 11.7 Å². The molecule has 2 heterocycles. The van der Waals surface area contributed by atoms with Crippen LogP contribution in [0.2, 0.25) is 0 Å². The SMILES string of the molecule is CCCCCCCC(CC)c1ccc2ccncc2n1. The average molecular weight is 270 g/mol. The third kappa shape index (κ3) is 4.03. The summed E-state index contributed by atoms with van der Waals surface area (Å²) in [7, 11) is 0. The fourth-order valence-corrected chi connectivity index (χ4v) is 2.77. The Labute approximate surface area is 122 Å². The second-order valence-electron chi connectivity index (χ2n) is 5.61. The summed E-state index contributed by atoms with van der Waals surface area (Å²) in [6.45, 7) is 4.54. The van der Waals surface area contributed by atoms with Crippen molar-refractivity contribution in [1.29, 1.82) is 0 Å². The topological polar surface area (TPSA) is 25.8 Å². The molecule has 0 aliphatic rings. The zero-order chi connectivity index (χ0) is 14.2. The Bertz CT molecular complexity index is 522. The summed E-state index contributed by atoms with van der Waals surface area (Å²) in [4.78, 5) is 8.97. The lowest BCUT2D eigenvalue weighted by molar-refractivity contribution is 0.528. The highest BCUT2D eigenvalue weighted by Crippen LogP contribution is 2.26. The first-order valence-electron chi connectivity index (χ1n) is 8.05. The minimum atomic E-state index is 0.598. The molecule has 0 spiro atoms. The van der Waals surface area contributed by atoms with Crippen molar-refractivity contribution in [2.75, 3.05) is 0 Å². The molecule has 0 saturated heterocycles. The molecule has 2 rings (SSSR count). The van der Waals surface area contributed by atoms with Gasteiger partial charge >= 0.3 is 0 Å². The van der Waals surface area contributed by atoms with Crippen LogP contribution in [-0.4, -0.2) is 9.97 Å². The number of hydrogen-bond donors (Lipinski definition) is 0. The summed E-state index contributed by atoms with van der Waals surface area (Å²) in [5, 5.41) is 1.18. The third-order valence-electron chi connectivity index (χ3n) is 4.08. The molecule has 108 valence electrons. The lowest BCUT2D eigenvalue weighted by Crippen LogP contribution is -2.01. The fraction of sp³-hybridized carbons (Fsp3) is 0.556. The first-order valence-corrected chi connectivity index (χ1v) is 8.05. The maximum absolute atomic E-state index is 4.80. The van der Waals surface area contributed by atoms with Gasteiger partial charge in [-0.15, -0.1) is 0 Å². The molecule has 0 fully saturated rings. The van der Waals surface area contributed by atoms with Crippen LogP contribution in [-0.2, 0) is 0 Å². The molecule has 0 saturated carbocycles. The van der Waals surface area contributed by atoms with E-state index in [0.717, 1.165) is 5.52 Å². The monoisotopic (exact) mass is 270 g/mol. The second kappa shape index (κ2) is 7.98. The fourth-order valence-electron chi connectivity index (χ4n) is 2.77. The van der Waals surface area contributed by atoms with Crippen LogP contribution in [0.5, 0.6) is 0 Å². The van der Waals surface area contributed by atoms with Gasteiger partial charge in [-0.1, -0.05) is 52.0 Å². The van der Waals surface area contributed by atoms with E-state index < -0.39 is 0 Å². The molecule has 1 atom stereocenters. The normalized spacial score (nSPS) is 12.7. The summed E-state index contributed by atoms with van der Waals surface area (Å²) in [6.07, 6.45) is 12.9. The van der Waals surface area contributed by atoms with Crippen LogP contribution >= 0.6 is 0 Å². The van der Waals surface area contributed by atoms with Gasteiger partial charge in [0.2, 0.25) is 0 Å².